The molecule has 1 aliphatic carbocycles. The molecule has 0 radical (unpaired) electrons. The third-order valence-corrected chi connectivity index (χ3v) is 6.44. The van der Waals surface area contributed by atoms with Crippen LogP contribution >= 0.6 is 0 Å². The van der Waals surface area contributed by atoms with E-state index >= 15 is 0 Å². The number of fused-ring (bicyclic) bond motifs is 2. The second kappa shape index (κ2) is 10.2. The zero-order valence-corrected chi connectivity index (χ0v) is 19.8. The van der Waals surface area contributed by atoms with Gasteiger partial charge in [-0.2, -0.15) is 0 Å². The first kappa shape index (κ1) is 23.0. The molecule has 7 heteroatoms. The fourth-order valence-electron chi connectivity index (χ4n) is 4.53. The minimum atomic E-state index is 0.0891. The maximum absolute atomic E-state index is 12.8. The van der Waals surface area contributed by atoms with Crippen molar-refractivity contribution in [1.82, 2.24) is 10.2 Å². The Balaban J connectivity index is 1.26. The van der Waals surface area contributed by atoms with Crippen LogP contribution in [-0.2, 0) is 17.6 Å². The topological polar surface area (TPSA) is 69.3 Å². The first-order valence-corrected chi connectivity index (χ1v) is 11.3. The highest BCUT2D eigenvalue weighted by atomic mass is 16.5. The van der Waals surface area contributed by atoms with Crippen molar-refractivity contribution in [2.24, 2.45) is 0 Å². The van der Waals surface area contributed by atoms with Crippen LogP contribution < -0.4 is 24.3 Å². The molecule has 1 aliphatic heterocycles. The van der Waals surface area contributed by atoms with E-state index in [1.165, 1.54) is 11.1 Å². The van der Waals surface area contributed by atoms with E-state index in [0.29, 0.717) is 30.4 Å². The monoisotopic (exact) mass is 452 g/mol. The lowest BCUT2D eigenvalue weighted by Crippen LogP contribution is -2.32. The third-order valence-electron chi connectivity index (χ3n) is 6.44. The molecule has 2 aliphatic rings. The second-order valence-corrected chi connectivity index (χ2v) is 8.35. The molecular weight excluding hydrogens is 420 g/mol. The van der Waals surface area contributed by atoms with Gasteiger partial charge in [0.25, 0.3) is 0 Å². The number of hydrogen-bond acceptors (Lipinski definition) is 6. The van der Waals surface area contributed by atoms with Gasteiger partial charge in [-0.25, -0.2) is 0 Å². The van der Waals surface area contributed by atoms with E-state index < -0.39 is 0 Å². The zero-order chi connectivity index (χ0) is 23.4. The van der Waals surface area contributed by atoms with E-state index in [2.05, 4.69) is 17.4 Å². The van der Waals surface area contributed by atoms with Crippen molar-refractivity contribution >= 4 is 12.0 Å². The molecule has 1 atom stereocenters. The molecular formula is C26H32N2O5. The number of carbonyl (C=O) groups excluding carboxylic acids is 1. The van der Waals surface area contributed by atoms with E-state index in [9.17, 15) is 4.79 Å². The molecule has 0 fully saturated rings. The number of nitrogens with zero attached hydrogens (tertiary/aromatic N) is 1. The van der Waals surface area contributed by atoms with Crippen molar-refractivity contribution in [2.45, 2.75) is 25.2 Å². The molecule has 0 saturated heterocycles. The molecule has 0 aromatic heterocycles. The maximum Gasteiger partial charge on any atom is 0.230 e. The van der Waals surface area contributed by atoms with E-state index in [1.54, 1.807) is 33.3 Å². The summed E-state index contributed by atoms with van der Waals surface area (Å²) < 4.78 is 21.6. The van der Waals surface area contributed by atoms with Gasteiger partial charge in [0, 0.05) is 25.2 Å². The lowest BCUT2D eigenvalue weighted by atomic mass is 9.77. The van der Waals surface area contributed by atoms with Crippen molar-refractivity contribution in [3.8, 4) is 23.0 Å². The van der Waals surface area contributed by atoms with Crippen LogP contribution in [0.3, 0.4) is 0 Å². The molecule has 0 bridgehead atoms. The van der Waals surface area contributed by atoms with Gasteiger partial charge in [0.2, 0.25) is 5.91 Å². The first-order chi connectivity index (χ1) is 16.1. The van der Waals surface area contributed by atoms with Crippen molar-refractivity contribution in [1.29, 1.82) is 0 Å². The summed E-state index contributed by atoms with van der Waals surface area (Å²) in [4.78, 5) is 14.6. The SMILES string of the molecule is COc1cc2c(cc1OC)CC(=O)N(CCCNCC1Cc3cc(OC)c(OC)cc31)C=C2. The molecule has 2 aromatic carbocycles. The highest BCUT2D eigenvalue weighted by Gasteiger charge is 2.28. The lowest BCUT2D eigenvalue weighted by Gasteiger charge is -2.31. The number of rotatable bonds is 10. The fraction of sp³-hybridized carbons (Fsp3) is 0.423. The molecule has 1 unspecified atom stereocenters. The van der Waals surface area contributed by atoms with Crippen LogP contribution in [0.25, 0.3) is 6.08 Å². The zero-order valence-electron chi connectivity index (χ0n) is 19.8. The average Bonchev–Trinajstić information content (AvgIpc) is 2.97. The van der Waals surface area contributed by atoms with Crippen molar-refractivity contribution in [3.63, 3.8) is 0 Å². The summed E-state index contributed by atoms with van der Waals surface area (Å²) in [6, 6.07) is 7.98. The minimum absolute atomic E-state index is 0.0891. The van der Waals surface area contributed by atoms with E-state index in [0.717, 1.165) is 48.6 Å². The van der Waals surface area contributed by atoms with Crippen LogP contribution in [0.5, 0.6) is 23.0 Å². The van der Waals surface area contributed by atoms with Gasteiger partial charge in [0.05, 0.1) is 34.9 Å². The Labute approximate surface area is 195 Å². The lowest BCUT2D eigenvalue weighted by molar-refractivity contribution is -0.127. The van der Waals surface area contributed by atoms with Crippen LogP contribution in [0, 0.1) is 0 Å². The van der Waals surface area contributed by atoms with Gasteiger partial charge < -0.3 is 29.2 Å². The first-order valence-electron chi connectivity index (χ1n) is 11.3. The van der Waals surface area contributed by atoms with Gasteiger partial charge in [0.1, 0.15) is 0 Å². The Morgan fingerprint density at radius 3 is 2.24 bits per heavy atom. The Morgan fingerprint density at radius 2 is 1.55 bits per heavy atom. The van der Waals surface area contributed by atoms with Gasteiger partial charge >= 0.3 is 0 Å². The number of benzene rings is 2. The summed E-state index contributed by atoms with van der Waals surface area (Å²) in [7, 11) is 6.55. The van der Waals surface area contributed by atoms with Gasteiger partial charge in [0.15, 0.2) is 23.0 Å². The third kappa shape index (κ3) is 4.78. The Kier molecular flexibility index (Phi) is 7.08. The van der Waals surface area contributed by atoms with Gasteiger partial charge in [-0.15, -0.1) is 0 Å². The largest absolute Gasteiger partial charge is 0.493 e. The standard InChI is InChI=1S/C26H32N2O5/c1-30-22-11-17-6-9-28(26(29)14-18(17)12-23(22)31-2)8-5-7-27-16-20-10-19-13-24(32-3)25(33-4)15-21(19)20/h6,9,11-13,15,20,27H,5,7-8,10,14,16H2,1-4H3. The molecule has 176 valence electrons. The minimum Gasteiger partial charge on any atom is -0.493 e. The summed E-state index contributed by atoms with van der Waals surface area (Å²) in [5.74, 6) is 3.45. The molecule has 2 aromatic rings. The van der Waals surface area contributed by atoms with Crippen LogP contribution in [0.4, 0.5) is 0 Å². The number of methoxy groups -OCH3 is 4. The van der Waals surface area contributed by atoms with E-state index in [-0.39, 0.29) is 5.91 Å². The van der Waals surface area contributed by atoms with E-state index in [4.69, 9.17) is 18.9 Å². The number of nitrogens with one attached hydrogen (secondary N) is 1. The summed E-state index contributed by atoms with van der Waals surface area (Å²) in [6.07, 6.45) is 6.12. The van der Waals surface area contributed by atoms with Crippen molar-refractivity contribution in [3.05, 3.63) is 52.7 Å². The maximum atomic E-state index is 12.8. The highest BCUT2D eigenvalue weighted by molar-refractivity contribution is 5.84. The Morgan fingerprint density at radius 1 is 0.909 bits per heavy atom. The summed E-state index contributed by atoms with van der Waals surface area (Å²) in [5.41, 5.74) is 4.59. The molecule has 0 saturated carbocycles. The average molecular weight is 453 g/mol. The normalized spacial score (nSPS) is 16.4. The quantitative estimate of drug-likeness (QED) is 0.558. The van der Waals surface area contributed by atoms with Gasteiger partial charge in [-0.3, -0.25) is 4.79 Å². The highest BCUT2D eigenvalue weighted by Crippen LogP contribution is 2.42. The molecule has 7 nitrogen and oxygen atoms in total. The number of hydrogen-bond donors (Lipinski definition) is 1. The molecule has 1 amide bonds. The van der Waals surface area contributed by atoms with Crippen LogP contribution in [-0.4, -0.2) is 58.9 Å². The smallest absolute Gasteiger partial charge is 0.230 e. The summed E-state index contributed by atoms with van der Waals surface area (Å²) >= 11 is 0. The number of ether oxygens (including phenoxy) is 4. The Bertz CT molecular complexity index is 1050. The van der Waals surface area contributed by atoms with Crippen LogP contribution in [0.2, 0.25) is 0 Å². The second-order valence-electron chi connectivity index (χ2n) is 8.35. The van der Waals surface area contributed by atoms with Crippen molar-refractivity contribution < 1.29 is 23.7 Å². The predicted molar refractivity (Wildman–Crippen MR) is 127 cm³/mol. The summed E-state index contributed by atoms with van der Waals surface area (Å²) in [5, 5.41) is 3.54. The molecule has 1 heterocycles. The van der Waals surface area contributed by atoms with Gasteiger partial charge in [-0.1, -0.05) is 0 Å². The predicted octanol–water partition coefficient (Wildman–Crippen LogP) is 3.40. The van der Waals surface area contributed by atoms with E-state index in [1.807, 2.05) is 24.4 Å². The Hall–Kier alpha value is -3.19. The van der Waals surface area contributed by atoms with Gasteiger partial charge in [-0.05, 0) is 72.0 Å². The number of carbonyl (C=O) groups is 1. The molecule has 4 rings (SSSR count). The van der Waals surface area contributed by atoms with Crippen LogP contribution in [0.1, 0.15) is 34.6 Å². The van der Waals surface area contributed by atoms with Crippen molar-refractivity contribution in [2.75, 3.05) is 48.1 Å². The fourth-order valence-corrected chi connectivity index (χ4v) is 4.53. The van der Waals surface area contributed by atoms with Crippen LogP contribution in [0.15, 0.2) is 30.5 Å². The number of amides is 1. The molecule has 1 N–H and O–H groups in total. The molecule has 33 heavy (non-hydrogen) atoms. The molecule has 0 spiro atoms. The summed E-state index contributed by atoms with van der Waals surface area (Å²) in [6.45, 7) is 2.44.